The summed E-state index contributed by atoms with van der Waals surface area (Å²) < 4.78 is 0. The summed E-state index contributed by atoms with van der Waals surface area (Å²) in [6.07, 6.45) is 5.25. The lowest BCUT2D eigenvalue weighted by molar-refractivity contribution is 0.232. The second-order valence-corrected chi connectivity index (χ2v) is 3.21. The van der Waals surface area contributed by atoms with Crippen LogP contribution in [0.3, 0.4) is 0 Å². The Labute approximate surface area is 74.8 Å². The lowest BCUT2D eigenvalue weighted by Gasteiger charge is -2.35. The summed E-state index contributed by atoms with van der Waals surface area (Å²) in [4.78, 5) is 2.37. The van der Waals surface area contributed by atoms with Gasteiger partial charge in [0.05, 0.1) is 0 Å². The molecule has 1 aliphatic rings. The van der Waals surface area contributed by atoms with Crippen molar-refractivity contribution in [1.29, 1.82) is 5.41 Å². The lowest BCUT2D eigenvalue weighted by Crippen LogP contribution is -2.36. The fraction of sp³-hybridized carbons (Fsp3) is 0.700. The summed E-state index contributed by atoms with van der Waals surface area (Å²) in [6.45, 7) is 6.57. The van der Waals surface area contributed by atoms with E-state index >= 15 is 0 Å². The molecule has 12 heavy (non-hydrogen) atoms. The Morgan fingerprint density at radius 2 is 2.00 bits per heavy atom. The predicted octanol–water partition coefficient (Wildman–Crippen LogP) is 2.42. The number of hydrogen-bond acceptors (Lipinski definition) is 2. The molecule has 68 valence electrons. The summed E-state index contributed by atoms with van der Waals surface area (Å²) in [5, 5.41) is 7.56. The molecule has 0 unspecified atom stereocenters. The monoisotopic (exact) mass is 166 g/mol. The van der Waals surface area contributed by atoms with Crippen LogP contribution >= 0.6 is 0 Å². The van der Waals surface area contributed by atoms with Gasteiger partial charge >= 0.3 is 0 Å². The van der Waals surface area contributed by atoms with Crippen LogP contribution in [-0.4, -0.2) is 23.7 Å². The minimum atomic E-state index is 0.749. The molecule has 1 rings (SSSR count). The van der Waals surface area contributed by atoms with E-state index in [2.05, 4.69) is 11.8 Å². The minimum Gasteiger partial charge on any atom is -0.375 e. The molecule has 0 atom stereocenters. The second kappa shape index (κ2) is 4.29. The highest BCUT2D eigenvalue weighted by atomic mass is 15.2. The SMILES string of the molecule is CCC(=N)/C=C(\CC)N1CCC1. The molecule has 1 N–H and O–H groups in total. The molecule has 0 aliphatic carbocycles. The van der Waals surface area contributed by atoms with Gasteiger partial charge in [-0.25, -0.2) is 0 Å². The zero-order valence-corrected chi connectivity index (χ0v) is 8.06. The Morgan fingerprint density at radius 1 is 1.33 bits per heavy atom. The van der Waals surface area contributed by atoms with Crippen LogP contribution < -0.4 is 0 Å². The average Bonchev–Trinajstić information content (AvgIpc) is 1.99. The number of likely N-dealkylation sites (tertiary alicyclic amines) is 1. The van der Waals surface area contributed by atoms with Crippen LogP contribution in [0.1, 0.15) is 33.1 Å². The number of hydrogen-bond donors (Lipinski definition) is 1. The van der Waals surface area contributed by atoms with Gasteiger partial charge in [0.25, 0.3) is 0 Å². The van der Waals surface area contributed by atoms with Crippen LogP contribution in [0, 0.1) is 5.41 Å². The lowest BCUT2D eigenvalue weighted by atomic mass is 10.1. The summed E-state index contributed by atoms with van der Waals surface area (Å²) in [5.74, 6) is 0. The van der Waals surface area contributed by atoms with Crippen molar-refractivity contribution in [1.82, 2.24) is 4.90 Å². The first kappa shape index (κ1) is 9.30. The van der Waals surface area contributed by atoms with Gasteiger partial charge in [-0.2, -0.15) is 0 Å². The Morgan fingerprint density at radius 3 is 2.33 bits per heavy atom. The van der Waals surface area contributed by atoms with Crippen molar-refractivity contribution in [3.63, 3.8) is 0 Å². The molecule has 0 aromatic carbocycles. The van der Waals surface area contributed by atoms with Crippen molar-refractivity contribution in [2.24, 2.45) is 0 Å². The third kappa shape index (κ3) is 2.10. The van der Waals surface area contributed by atoms with Crippen molar-refractivity contribution in [2.75, 3.05) is 13.1 Å². The third-order valence-corrected chi connectivity index (χ3v) is 2.35. The van der Waals surface area contributed by atoms with Gasteiger partial charge in [0.2, 0.25) is 0 Å². The van der Waals surface area contributed by atoms with Gasteiger partial charge in [-0.15, -0.1) is 0 Å². The molecular formula is C10H18N2. The Kier molecular flexibility index (Phi) is 3.32. The van der Waals surface area contributed by atoms with Crippen molar-refractivity contribution in [2.45, 2.75) is 33.1 Å². The average molecular weight is 166 g/mol. The van der Waals surface area contributed by atoms with E-state index in [0.717, 1.165) is 18.6 Å². The molecular weight excluding hydrogens is 148 g/mol. The van der Waals surface area contributed by atoms with E-state index in [9.17, 15) is 0 Å². The fourth-order valence-corrected chi connectivity index (χ4v) is 1.32. The van der Waals surface area contributed by atoms with Crippen molar-refractivity contribution >= 4 is 5.71 Å². The summed E-state index contributed by atoms with van der Waals surface area (Å²) in [6, 6.07) is 0. The highest BCUT2D eigenvalue weighted by molar-refractivity contribution is 5.92. The number of rotatable bonds is 4. The Hall–Kier alpha value is -0.790. The maximum absolute atomic E-state index is 7.56. The van der Waals surface area contributed by atoms with Gasteiger partial charge in [-0.1, -0.05) is 13.8 Å². The standard InChI is InChI=1S/C10H18N2/c1-3-9(11)8-10(4-2)12-6-5-7-12/h8,11H,3-7H2,1-2H3/b10-8+,11-9?. The van der Waals surface area contributed by atoms with Crippen molar-refractivity contribution in [3.05, 3.63) is 11.8 Å². The highest BCUT2D eigenvalue weighted by Gasteiger charge is 2.15. The molecule has 0 aromatic heterocycles. The molecule has 0 bridgehead atoms. The van der Waals surface area contributed by atoms with Gasteiger partial charge in [0, 0.05) is 24.5 Å². The number of allylic oxidation sites excluding steroid dienone is 2. The maximum Gasteiger partial charge on any atom is 0.0328 e. The van der Waals surface area contributed by atoms with Gasteiger partial charge < -0.3 is 10.3 Å². The van der Waals surface area contributed by atoms with Crippen LogP contribution in [0.4, 0.5) is 0 Å². The van der Waals surface area contributed by atoms with E-state index in [-0.39, 0.29) is 0 Å². The predicted molar refractivity (Wildman–Crippen MR) is 52.6 cm³/mol. The Bertz CT molecular complexity index is 190. The van der Waals surface area contributed by atoms with Crippen molar-refractivity contribution in [3.8, 4) is 0 Å². The zero-order valence-electron chi connectivity index (χ0n) is 8.06. The first-order valence-electron chi connectivity index (χ1n) is 4.80. The zero-order chi connectivity index (χ0) is 8.97. The van der Waals surface area contributed by atoms with E-state index in [4.69, 9.17) is 5.41 Å². The molecule has 0 saturated carbocycles. The first-order valence-corrected chi connectivity index (χ1v) is 4.80. The van der Waals surface area contributed by atoms with Crippen LogP contribution in [0.15, 0.2) is 11.8 Å². The van der Waals surface area contributed by atoms with Crippen LogP contribution in [0.2, 0.25) is 0 Å². The van der Waals surface area contributed by atoms with Crippen molar-refractivity contribution < 1.29 is 0 Å². The molecule has 0 spiro atoms. The van der Waals surface area contributed by atoms with Gasteiger partial charge in [0.1, 0.15) is 0 Å². The van der Waals surface area contributed by atoms with E-state index < -0.39 is 0 Å². The van der Waals surface area contributed by atoms with Crippen LogP contribution in [0.5, 0.6) is 0 Å². The number of nitrogens with one attached hydrogen (secondary N) is 1. The molecule has 2 heteroatoms. The third-order valence-electron chi connectivity index (χ3n) is 2.35. The van der Waals surface area contributed by atoms with Crippen LogP contribution in [-0.2, 0) is 0 Å². The van der Waals surface area contributed by atoms with E-state index in [1.165, 1.54) is 25.2 Å². The molecule has 1 fully saturated rings. The topological polar surface area (TPSA) is 27.1 Å². The first-order chi connectivity index (χ1) is 5.77. The fourth-order valence-electron chi connectivity index (χ4n) is 1.32. The van der Waals surface area contributed by atoms with Gasteiger partial charge in [-0.05, 0) is 25.3 Å². The Balaban J connectivity index is 2.53. The van der Waals surface area contributed by atoms with Gasteiger partial charge in [0.15, 0.2) is 0 Å². The molecule has 0 radical (unpaired) electrons. The molecule has 2 nitrogen and oxygen atoms in total. The molecule has 1 heterocycles. The summed E-state index contributed by atoms with van der Waals surface area (Å²) in [7, 11) is 0. The van der Waals surface area contributed by atoms with Gasteiger partial charge in [-0.3, -0.25) is 0 Å². The van der Waals surface area contributed by atoms with E-state index in [1.807, 2.05) is 13.0 Å². The summed E-state index contributed by atoms with van der Waals surface area (Å²) >= 11 is 0. The number of nitrogens with zero attached hydrogens (tertiary/aromatic N) is 1. The minimum absolute atomic E-state index is 0.749. The van der Waals surface area contributed by atoms with E-state index in [0.29, 0.717) is 0 Å². The summed E-state index contributed by atoms with van der Waals surface area (Å²) in [5.41, 5.74) is 2.09. The molecule has 0 aromatic rings. The molecule has 1 saturated heterocycles. The molecule has 1 aliphatic heterocycles. The maximum atomic E-state index is 7.56. The quantitative estimate of drug-likeness (QED) is 0.638. The molecule has 0 amide bonds. The smallest absolute Gasteiger partial charge is 0.0328 e. The van der Waals surface area contributed by atoms with Crippen LogP contribution in [0.25, 0.3) is 0 Å². The van der Waals surface area contributed by atoms with E-state index in [1.54, 1.807) is 0 Å². The largest absolute Gasteiger partial charge is 0.375 e. The highest BCUT2D eigenvalue weighted by Crippen LogP contribution is 2.17. The normalized spacial score (nSPS) is 17.5. The second-order valence-electron chi connectivity index (χ2n) is 3.21.